The summed E-state index contributed by atoms with van der Waals surface area (Å²) in [7, 11) is 0. The van der Waals surface area contributed by atoms with Crippen molar-refractivity contribution in [3.63, 3.8) is 0 Å². The zero-order valence-corrected chi connectivity index (χ0v) is 15.0. The number of nitrogens with one attached hydrogen (secondary N) is 2. The molecule has 0 bridgehead atoms. The fourth-order valence-corrected chi connectivity index (χ4v) is 3.02. The zero-order chi connectivity index (χ0) is 18.4. The van der Waals surface area contributed by atoms with Gasteiger partial charge in [-0.25, -0.2) is 0 Å². The first-order chi connectivity index (χ1) is 11.9. The second-order valence-corrected chi connectivity index (χ2v) is 6.82. The maximum Gasteiger partial charge on any atom is 0.251 e. The van der Waals surface area contributed by atoms with Gasteiger partial charge in [0.1, 0.15) is 5.00 Å². The van der Waals surface area contributed by atoms with Crippen LogP contribution >= 0.6 is 11.3 Å². The van der Waals surface area contributed by atoms with Crippen molar-refractivity contribution in [1.82, 2.24) is 0 Å². The van der Waals surface area contributed by atoms with Crippen LogP contribution in [0.15, 0.2) is 35.7 Å². The summed E-state index contributed by atoms with van der Waals surface area (Å²) >= 11 is 1.21. The number of carbonyl (C=O) groups is 3. The average Bonchev–Trinajstić information content (AvgIpc) is 3.01. The zero-order valence-electron chi connectivity index (χ0n) is 14.2. The van der Waals surface area contributed by atoms with E-state index >= 15 is 0 Å². The fraction of sp³-hybridized carbons (Fsp3) is 0.278. The lowest BCUT2D eigenvalue weighted by atomic mass is 10.0. The van der Waals surface area contributed by atoms with E-state index in [4.69, 9.17) is 5.73 Å². The fourth-order valence-electron chi connectivity index (χ4n) is 2.22. The first kappa shape index (κ1) is 18.7. The molecule has 0 atom stereocenters. The molecule has 1 heterocycles. The van der Waals surface area contributed by atoms with Gasteiger partial charge in [-0.3, -0.25) is 14.4 Å². The lowest BCUT2D eigenvalue weighted by Crippen LogP contribution is -2.19. The molecule has 2 rings (SSSR count). The van der Waals surface area contributed by atoms with Crippen molar-refractivity contribution in [2.24, 2.45) is 5.73 Å². The molecule has 0 saturated carbocycles. The molecule has 0 aliphatic rings. The third kappa shape index (κ3) is 5.42. The summed E-state index contributed by atoms with van der Waals surface area (Å²) in [5, 5.41) is 7.48. The standard InChI is InChI=1S/C18H21N3O3S/c1-11(2)12-4-3-5-13(10-12)20-15(22)6-7-16(23)21-18-14(17(19)24)8-9-25-18/h3-5,8-11H,6-7H2,1-2H3,(H2,19,24)(H,20,22)(H,21,23). The van der Waals surface area contributed by atoms with Crippen LogP contribution in [-0.2, 0) is 9.59 Å². The Hall–Kier alpha value is -2.67. The molecule has 1 aromatic heterocycles. The van der Waals surface area contributed by atoms with E-state index in [1.54, 1.807) is 11.4 Å². The van der Waals surface area contributed by atoms with Crippen molar-refractivity contribution in [3.05, 3.63) is 46.8 Å². The molecule has 0 spiro atoms. The summed E-state index contributed by atoms with van der Waals surface area (Å²) in [6, 6.07) is 9.18. The van der Waals surface area contributed by atoms with Crippen LogP contribution in [0.25, 0.3) is 0 Å². The maximum atomic E-state index is 12.0. The van der Waals surface area contributed by atoms with Crippen molar-refractivity contribution in [2.75, 3.05) is 10.6 Å². The molecule has 7 heteroatoms. The number of rotatable bonds is 7. The molecule has 4 N–H and O–H groups in total. The minimum Gasteiger partial charge on any atom is -0.366 e. The Morgan fingerprint density at radius 1 is 1.08 bits per heavy atom. The lowest BCUT2D eigenvalue weighted by Gasteiger charge is -2.09. The maximum absolute atomic E-state index is 12.0. The van der Waals surface area contributed by atoms with Crippen molar-refractivity contribution in [3.8, 4) is 0 Å². The van der Waals surface area contributed by atoms with E-state index in [0.717, 1.165) is 5.56 Å². The highest BCUT2D eigenvalue weighted by Gasteiger charge is 2.13. The third-order valence-corrected chi connectivity index (χ3v) is 4.43. The molecule has 0 saturated heterocycles. The Morgan fingerprint density at radius 2 is 1.76 bits per heavy atom. The summed E-state index contributed by atoms with van der Waals surface area (Å²) in [6.07, 6.45) is 0.0703. The van der Waals surface area contributed by atoms with E-state index in [1.807, 2.05) is 24.3 Å². The van der Waals surface area contributed by atoms with Crippen molar-refractivity contribution in [2.45, 2.75) is 32.6 Å². The smallest absolute Gasteiger partial charge is 0.251 e. The van der Waals surface area contributed by atoms with E-state index in [0.29, 0.717) is 16.6 Å². The first-order valence-electron chi connectivity index (χ1n) is 7.93. The minimum absolute atomic E-state index is 0.0196. The van der Waals surface area contributed by atoms with Gasteiger partial charge in [-0.15, -0.1) is 11.3 Å². The molecular formula is C18H21N3O3S. The van der Waals surface area contributed by atoms with Gasteiger partial charge in [-0.2, -0.15) is 0 Å². The molecule has 2 aromatic rings. The summed E-state index contributed by atoms with van der Waals surface area (Å²) in [6.45, 7) is 4.16. The summed E-state index contributed by atoms with van der Waals surface area (Å²) in [5.74, 6) is -0.805. The topological polar surface area (TPSA) is 101 Å². The number of benzene rings is 1. The van der Waals surface area contributed by atoms with E-state index in [9.17, 15) is 14.4 Å². The largest absolute Gasteiger partial charge is 0.366 e. The van der Waals surface area contributed by atoms with E-state index in [-0.39, 0.29) is 30.2 Å². The lowest BCUT2D eigenvalue weighted by molar-refractivity contribution is -0.121. The number of carbonyl (C=O) groups excluding carboxylic acids is 3. The van der Waals surface area contributed by atoms with Gasteiger partial charge in [0.25, 0.3) is 5.91 Å². The van der Waals surface area contributed by atoms with E-state index in [1.165, 1.54) is 11.3 Å². The van der Waals surface area contributed by atoms with Gasteiger partial charge in [0.15, 0.2) is 0 Å². The molecule has 0 aliphatic heterocycles. The van der Waals surface area contributed by atoms with Crippen molar-refractivity contribution in [1.29, 1.82) is 0 Å². The van der Waals surface area contributed by atoms with E-state index < -0.39 is 5.91 Å². The Kier molecular flexibility index (Phi) is 6.30. The average molecular weight is 359 g/mol. The van der Waals surface area contributed by atoms with Crippen LogP contribution in [0.3, 0.4) is 0 Å². The Bertz CT molecular complexity index is 783. The van der Waals surface area contributed by atoms with Gasteiger partial charge in [0.2, 0.25) is 11.8 Å². The SMILES string of the molecule is CC(C)c1cccc(NC(=O)CCC(=O)Nc2sccc2C(N)=O)c1. The third-order valence-electron chi connectivity index (χ3n) is 3.60. The first-order valence-corrected chi connectivity index (χ1v) is 8.81. The number of primary amides is 1. The highest BCUT2D eigenvalue weighted by Crippen LogP contribution is 2.23. The monoisotopic (exact) mass is 359 g/mol. The van der Waals surface area contributed by atoms with Crippen LogP contribution in [0.1, 0.15) is 48.5 Å². The molecule has 0 fully saturated rings. The Balaban J connectivity index is 1.85. The highest BCUT2D eigenvalue weighted by molar-refractivity contribution is 7.14. The van der Waals surface area contributed by atoms with Crippen LogP contribution in [0.2, 0.25) is 0 Å². The van der Waals surface area contributed by atoms with Crippen molar-refractivity contribution < 1.29 is 14.4 Å². The van der Waals surface area contributed by atoms with Crippen LogP contribution in [0.4, 0.5) is 10.7 Å². The van der Waals surface area contributed by atoms with Gasteiger partial charge in [0, 0.05) is 18.5 Å². The number of anilines is 2. The highest BCUT2D eigenvalue weighted by atomic mass is 32.1. The van der Waals surface area contributed by atoms with Crippen LogP contribution in [0, 0.1) is 0 Å². The number of thiophene rings is 1. The van der Waals surface area contributed by atoms with Crippen molar-refractivity contribution >= 4 is 39.7 Å². The van der Waals surface area contributed by atoms with E-state index in [2.05, 4.69) is 24.5 Å². The molecule has 1 aromatic carbocycles. The van der Waals surface area contributed by atoms with Crippen LogP contribution in [0.5, 0.6) is 0 Å². The van der Waals surface area contributed by atoms with Gasteiger partial charge in [0.05, 0.1) is 5.56 Å². The number of nitrogens with two attached hydrogens (primary N) is 1. The molecule has 0 radical (unpaired) electrons. The second-order valence-electron chi connectivity index (χ2n) is 5.90. The summed E-state index contributed by atoms with van der Waals surface area (Å²) in [4.78, 5) is 35.2. The van der Waals surface area contributed by atoms with Gasteiger partial charge in [-0.1, -0.05) is 26.0 Å². The summed E-state index contributed by atoms with van der Waals surface area (Å²) < 4.78 is 0. The quantitative estimate of drug-likeness (QED) is 0.706. The second kappa shape index (κ2) is 8.43. The number of hydrogen-bond acceptors (Lipinski definition) is 4. The Morgan fingerprint density at radius 3 is 2.40 bits per heavy atom. The molecule has 3 amide bonds. The molecule has 132 valence electrons. The molecular weight excluding hydrogens is 338 g/mol. The van der Waals surface area contributed by atoms with Crippen LogP contribution < -0.4 is 16.4 Å². The van der Waals surface area contributed by atoms with Gasteiger partial charge < -0.3 is 16.4 Å². The predicted octanol–water partition coefficient (Wildman–Crippen LogP) is 3.33. The number of hydrogen-bond donors (Lipinski definition) is 3. The number of amides is 3. The molecule has 6 nitrogen and oxygen atoms in total. The molecule has 25 heavy (non-hydrogen) atoms. The molecule has 0 unspecified atom stereocenters. The predicted molar refractivity (Wildman–Crippen MR) is 99.9 cm³/mol. The van der Waals surface area contributed by atoms with Gasteiger partial charge >= 0.3 is 0 Å². The van der Waals surface area contributed by atoms with Gasteiger partial charge in [-0.05, 0) is 35.1 Å². The van der Waals surface area contributed by atoms with Crippen LogP contribution in [-0.4, -0.2) is 17.7 Å². The summed E-state index contributed by atoms with van der Waals surface area (Å²) in [5.41, 5.74) is 7.35. The Labute approximate surface area is 150 Å². The normalized spacial score (nSPS) is 10.5. The minimum atomic E-state index is -0.598. The molecule has 0 aliphatic carbocycles.